The number of hydrogen-bond acceptors (Lipinski definition) is 2. The molecular weight excluding hydrogens is 380 g/mol. The Hall–Kier alpha value is -1.57. The standard InChI is InChI=1S/C29H44O2/c1-3-5-6-8-24-17-21-28(22-18-24)31-29(30)27-19-15-26(16-20-27)14-13-25-11-9-23(7-4-2)10-12-25/h13-14,17-18,21-23,25-27H,3-12,15-16,19-20H2,1-2H3/b14-13+. The fourth-order valence-electron chi connectivity index (χ4n) is 5.44. The van der Waals surface area contributed by atoms with Crippen LogP contribution in [0.5, 0.6) is 5.75 Å². The summed E-state index contributed by atoms with van der Waals surface area (Å²) in [5.41, 5.74) is 1.33. The van der Waals surface area contributed by atoms with Crippen molar-refractivity contribution in [3.05, 3.63) is 42.0 Å². The van der Waals surface area contributed by atoms with Crippen LogP contribution in [0.15, 0.2) is 36.4 Å². The van der Waals surface area contributed by atoms with Gasteiger partial charge in [0, 0.05) is 0 Å². The fourth-order valence-corrected chi connectivity index (χ4v) is 5.44. The molecule has 0 aromatic heterocycles. The Balaban J connectivity index is 1.36. The molecule has 2 heteroatoms. The van der Waals surface area contributed by atoms with Crippen LogP contribution in [0.3, 0.4) is 0 Å². The third kappa shape index (κ3) is 8.13. The normalized spacial score (nSPS) is 26.8. The molecule has 0 bridgehead atoms. The van der Waals surface area contributed by atoms with Gasteiger partial charge in [-0.3, -0.25) is 4.79 Å². The van der Waals surface area contributed by atoms with Crippen molar-refractivity contribution in [3.8, 4) is 5.75 Å². The minimum absolute atomic E-state index is 0.0320. The van der Waals surface area contributed by atoms with E-state index in [0.717, 1.165) is 43.9 Å². The van der Waals surface area contributed by atoms with Gasteiger partial charge in [-0.05, 0) is 99.7 Å². The number of allylic oxidation sites excluding steroid dienone is 2. The molecule has 2 fully saturated rings. The van der Waals surface area contributed by atoms with Gasteiger partial charge in [0.2, 0.25) is 0 Å². The van der Waals surface area contributed by atoms with Gasteiger partial charge in [0.1, 0.15) is 5.75 Å². The van der Waals surface area contributed by atoms with Gasteiger partial charge < -0.3 is 4.74 Å². The van der Waals surface area contributed by atoms with Gasteiger partial charge in [-0.1, -0.05) is 63.8 Å². The molecule has 0 aliphatic heterocycles. The lowest BCUT2D eigenvalue weighted by atomic mass is 9.78. The summed E-state index contributed by atoms with van der Waals surface area (Å²) in [7, 11) is 0. The zero-order chi connectivity index (χ0) is 21.9. The van der Waals surface area contributed by atoms with E-state index < -0.39 is 0 Å². The first kappa shape index (κ1) is 24.1. The van der Waals surface area contributed by atoms with E-state index in [2.05, 4.69) is 38.1 Å². The van der Waals surface area contributed by atoms with Crippen molar-refractivity contribution < 1.29 is 9.53 Å². The fraction of sp³-hybridized carbons (Fsp3) is 0.690. The van der Waals surface area contributed by atoms with Crippen molar-refractivity contribution in [1.29, 1.82) is 0 Å². The number of benzene rings is 1. The third-order valence-corrected chi connectivity index (χ3v) is 7.56. The lowest BCUT2D eigenvalue weighted by Crippen LogP contribution is -2.25. The quantitative estimate of drug-likeness (QED) is 0.163. The van der Waals surface area contributed by atoms with Gasteiger partial charge in [0.15, 0.2) is 0 Å². The lowest BCUT2D eigenvalue weighted by molar-refractivity contribution is -0.140. The molecule has 0 N–H and O–H groups in total. The van der Waals surface area contributed by atoms with Crippen LogP contribution >= 0.6 is 0 Å². The predicted molar refractivity (Wildman–Crippen MR) is 130 cm³/mol. The Kier molecular flexibility index (Phi) is 10.2. The smallest absolute Gasteiger partial charge is 0.314 e. The van der Waals surface area contributed by atoms with Crippen LogP contribution in [0.4, 0.5) is 0 Å². The highest BCUT2D eigenvalue weighted by Crippen LogP contribution is 2.34. The van der Waals surface area contributed by atoms with E-state index in [-0.39, 0.29) is 11.9 Å². The molecule has 2 nitrogen and oxygen atoms in total. The van der Waals surface area contributed by atoms with Crippen LogP contribution in [0.25, 0.3) is 0 Å². The molecule has 1 aromatic carbocycles. The van der Waals surface area contributed by atoms with Crippen LogP contribution in [0, 0.1) is 23.7 Å². The van der Waals surface area contributed by atoms with E-state index in [0.29, 0.717) is 11.7 Å². The van der Waals surface area contributed by atoms with Gasteiger partial charge in [0.25, 0.3) is 0 Å². The first-order valence-electron chi connectivity index (χ1n) is 13.2. The number of aryl methyl sites for hydroxylation is 1. The number of unbranched alkanes of at least 4 members (excludes halogenated alkanes) is 2. The van der Waals surface area contributed by atoms with Gasteiger partial charge in [-0.15, -0.1) is 0 Å². The summed E-state index contributed by atoms with van der Waals surface area (Å²) in [4.78, 5) is 12.6. The second-order valence-electron chi connectivity index (χ2n) is 10.1. The molecule has 0 saturated heterocycles. The first-order chi connectivity index (χ1) is 15.2. The van der Waals surface area contributed by atoms with Crippen molar-refractivity contribution in [1.82, 2.24) is 0 Å². The molecule has 0 unspecified atom stereocenters. The maximum absolute atomic E-state index is 12.6. The maximum Gasteiger partial charge on any atom is 0.314 e. The zero-order valence-electron chi connectivity index (χ0n) is 20.0. The monoisotopic (exact) mass is 424 g/mol. The summed E-state index contributed by atoms with van der Waals surface area (Å²) in [6.45, 7) is 4.54. The molecule has 0 amide bonds. The predicted octanol–water partition coefficient (Wildman–Crippen LogP) is 8.29. The summed E-state index contributed by atoms with van der Waals surface area (Å²) in [5.74, 6) is 3.16. The van der Waals surface area contributed by atoms with Gasteiger partial charge in [-0.2, -0.15) is 0 Å². The van der Waals surface area contributed by atoms with Crippen LogP contribution in [0.1, 0.15) is 103 Å². The summed E-state index contributed by atoms with van der Waals surface area (Å²) in [5, 5.41) is 0. The van der Waals surface area contributed by atoms with Gasteiger partial charge >= 0.3 is 5.97 Å². The molecule has 0 spiro atoms. The molecular formula is C29H44O2. The number of rotatable bonds is 10. The zero-order valence-corrected chi connectivity index (χ0v) is 20.0. The third-order valence-electron chi connectivity index (χ3n) is 7.56. The lowest BCUT2D eigenvalue weighted by Gasteiger charge is -2.28. The summed E-state index contributed by atoms with van der Waals surface area (Å²) in [6.07, 6.45) is 22.4. The molecule has 2 saturated carbocycles. The topological polar surface area (TPSA) is 26.3 Å². The van der Waals surface area contributed by atoms with E-state index in [1.165, 1.54) is 63.4 Å². The Morgan fingerprint density at radius 3 is 2.03 bits per heavy atom. The molecule has 1 aromatic rings. The maximum atomic E-state index is 12.6. The second-order valence-corrected chi connectivity index (χ2v) is 10.1. The number of carbonyl (C=O) groups excluding carboxylic acids is 1. The van der Waals surface area contributed by atoms with Crippen LogP contribution in [-0.4, -0.2) is 5.97 Å². The highest BCUT2D eigenvalue weighted by atomic mass is 16.5. The van der Waals surface area contributed by atoms with E-state index in [4.69, 9.17) is 4.74 Å². The van der Waals surface area contributed by atoms with Crippen molar-refractivity contribution in [2.45, 2.75) is 104 Å². The largest absolute Gasteiger partial charge is 0.426 e. The highest BCUT2D eigenvalue weighted by Gasteiger charge is 2.27. The molecule has 31 heavy (non-hydrogen) atoms. The second kappa shape index (κ2) is 13.1. The van der Waals surface area contributed by atoms with Crippen LogP contribution < -0.4 is 4.74 Å². The number of ether oxygens (including phenoxy) is 1. The molecule has 2 aliphatic carbocycles. The molecule has 3 rings (SSSR count). The average Bonchev–Trinajstić information content (AvgIpc) is 2.80. The number of esters is 1. The summed E-state index contributed by atoms with van der Waals surface area (Å²) >= 11 is 0. The van der Waals surface area contributed by atoms with E-state index >= 15 is 0 Å². The summed E-state index contributed by atoms with van der Waals surface area (Å²) < 4.78 is 5.70. The minimum atomic E-state index is -0.0320. The van der Waals surface area contributed by atoms with Crippen LogP contribution in [0.2, 0.25) is 0 Å². The van der Waals surface area contributed by atoms with Crippen molar-refractivity contribution in [2.75, 3.05) is 0 Å². The molecule has 172 valence electrons. The molecule has 0 radical (unpaired) electrons. The number of carbonyl (C=O) groups is 1. The molecule has 2 aliphatic rings. The molecule has 0 atom stereocenters. The van der Waals surface area contributed by atoms with Gasteiger partial charge in [-0.25, -0.2) is 0 Å². The Bertz CT molecular complexity index is 658. The highest BCUT2D eigenvalue weighted by molar-refractivity contribution is 5.75. The molecule has 0 heterocycles. The summed E-state index contributed by atoms with van der Waals surface area (Å²) in [6, 6.07) is 8.14. The van der Waals surface area contributed by atoms with Crippen molar-refractivity contribution >= 4 is 5.97 Å². The average molecular weight is 425 g/mol. The Labute approximate surface area is 190 Å². The minimum Gasteiger partial charge on any atom is -0.426 e. The first-order valence-corrected chi connectivity index (χ1v) is 13.2. The van der Waals surface area contributed by atoms with Crippen molar-refractivity contribution in [3.63, 3.8) is 0 Å². The SMILES string of the molecule is CCCCCc1ccc(OC(=O)C2CCC(/C=C/C3CCC(CCC)CC3)CC2)cc1. The van der Waals surface area contributed by atoms with E-state index in [9.17, 15) is 4.79 Å². The Morgan fingerprint density at radius 2 is 1.45 bits per heavy atom. The Morgan fingerprint density at radius 1 is 0.839 bits per heavy atom. The van der Waals surface area contributed by atoms with Gasteiger partial charge in [0.05, 0.1) is 5.92 Å². The van der Waals surface area contributed by atoms with Crippen molar-refractivity contribution in [2.24, 2.45) is 23.7 Å². The number of hydrogen-bond donors (Lipinski definition) is 0. The van der Waals surface area contributed by atoms with Crippen LogP contribution in [-0.2, 0) is 11.2 Å². The van der Waals surface area contributed by atoms with E-state index in [1.807, 2.05) is 12.1 Å². The van der Waals surface area contributed by atoms with E-state index in [1.54, 1.807) is 0 Å².